The molecule has 0 unspecified atom stereocenters. The van der Waals surface area contributed by atoms with E-state index in [-0.39, 0.29) is 5.82 Å². The van der Waals surface area contributed by atoms with E-state index in [0.717, 1.165) is 12.3 Å². The van der Waals surface area contributed by atoms with E-state index in [9.17, 15) is 0 Å². The molecule has 0 spiro atoms. The number of aryl methyl sites for hydroxylation is 1. The minimum Gasteiger partial charge on any atom is -0.343 e. The number of hydrogen-bond acceptors (Lipinski definition) is 1. The molecule has 0 aliphatic carbocycles. The van der Waals surface area contributed by atoms with Crippen molar-refractivity contribution in [2.24, 2.45) is 0 Å². The molecule has 0 amide bonds. The number of imidazole rings is 1. The fraction of sp³-hybridized carbons (Fsp3) is 0.375. The lowest BCUT2D eigenvalue weighted by atomic mass is 9.58. The molecule has 0 saturated carbocycles. The van der Waals surface area contributed by atoms with Crippen LogP contribution in [-0.2, 0) is 6.54 Å². The van der Waals surface area contributed by atoms with Crippen LogP contribution in [0.25, 0.3) is 0 Å². The summed E-state index contributed by atoms with van der Waals surface area (Å²) in [5.74, 6) is 0.220. The molecule has 0 aliphatic heterocycles. The molecule has 1 heterocycles. The molecule has 0 saturated heterocycles. The van der Waals surface area contributed by atoms with Crippen LogP contribution in [0.5, 0.6) is 0 Å². The molecule has 3 aromatic rings. The summed E-state index contributed by atoms with van der Waals surface area (Å²) in [4.78, 5) is 4.64. The molecule has 3 rings (SSSR count). The van der Waals surface area contributed by atoms with E-state index in [2.05, 4.69) is 90.6 Å². The van der Waals surface area contributed by atoms with Gasteiger partial charge in [0.1, 0.15) is 0 Å². The third-order valence-electron chi connectivity index (χ3n) is 5.13. The summed E-state index contributed by atoms with van der Waals surface area (Å²) in [5.41, 5.74) is 3.68. The van der Waals surface area contributed by atoms with Crippen LogP contribution in [0.15, 0.2) is 73.1 Å². The summed E-state index contributed by atoms with van der Waals surface area (Å²) in [6.45, 7) is 3.32. The Hall–Kier alpha value is -2.29. The van der Waals surface area contributed by atoms with E-state index in [0.29, 0.717) is 0 Å². The Morgan fingerprint density at radius 2 is 1.41 bits per heavy atom. The second kappa shape index (κ2) is 10.8. The largest absolute Gasteiger partial charge is 0.343 e. The van der Waals surface area contributed by atoms with Crippen LogP contribution in [0.1, 0.15) is 62.4 Å². The van der Waals surface area contributed by atoms with Gasteiger partial charge in [-0.3, -0.25) is 4.98 Å². The predicted octanol–water partition coefficient (Wildman–Crippen LogP) is 5.36. The van der Waals surface area contributed by atoms with Gasteiger partial charge < -0.3 is 4.57 Å². The first kappa shape index (κ1) is 19.5. The lowest BCUT2D eigenvalue weighted by molar-refractivity contribution is 0.563. The van der Waals surface area contributed by atoms with E-state index in [1.54, 1.807) is 0 Å². The fourth-order valence-corrected chi connectivity index (χ4v) is 3.59. The average molecular weight is 357 g/mol. The lowest BCUT2D eigenvalue weighted by Gasteiger charge is -2.18. The van der Waals surface area contributed by atoms with Gasteiger partial charge in [-0.05, 0) is 23.4 Å². The molecule has 0 aliphatic rings. The molecule has 1 radical (unpaired) electrons. The second-order valence-corrected chi connectivity index (χ2v) is 7.21. The summed E-state index contributed by atoms with van der Waals surface area (Å²) in [6.07, 6.45) is 11.9. The van der Waals surface area contributed by atoms with E-state index in [4.69, 9.17) is 0 Å². The Bertz CT molecular complexity index is 728. The van der Waals surface area contributed by atoms with Crippen molar-refractivity contribution in [3.63, 3.8) is 0 Å². The van der Waals surface area contributed by atoms with Gasteiger partial charge in [0.15, 0.2) is 0 Å². The number of hydrogen-bond donors (Lipinski definition) is 0. The predicted molar refractivity (Wildman–Crippen MR) is 116 cm³/mol. The maximum atomic E-state index is 4.64. The molecule has 0 atom stereocenters. The van der Waals surface area contributed by atoms with Crippen molar-refractivity contribution in [1.82, 2.24) is 9.55 Å². The van der Waals surface area contributed by atoms with Crippen LogP contribution < -0.4 is 5.72 Å². The Morgan fingerprint density at radius 3 is 2.04 bits per heavy atom. The van der Waals surface area contributed by atoms with Crippen molar-refractivity contribution in [2.75, 3.05) is 0 Å². The first-order valence-corrected chi connectivity index (χ1v) is 10.3. The Labute approximate surface area is 164 Å². The van der Waals surface area contributed by atoms with Gasteiger partial charge >= 0.3 is 0 Å². The number of benzene rings is 2. The fourth-order valence-electron chi connectivity index (χ4n) is 3.59. The Balaban J connectivity index is 1.67. The summed E-state index contributed by atoms with van der Waals surface area (Å²) < 4.78 is 2.30. The number of unbranched alkanes of at least 4 members (excludes halogenated alkanes) is 5. The van der Waals surface area contributed by atoms with Crippen molar-refractivity contribution in [3.05, 3.63) is 84.2 Å². The van der Waals surface area contributed by atoms with Gasteiger partial charge in [-0.1, -0.05) is 99.7 Å². The summed E-state index contributed by atoms with van der Waals surface area (Å²) in [7, 11) is 2.31. The zero-order chi connectivity index (χ0) is 18.7. The van der Waals surface area contributed by atoms with E-state index in [1.165, 1.54) is 49.7 Å². The van der Waals surface area contributed by atoms with Crippen LogP contribution >= 0.6 is 0 Å². The maximum Gasteiger partial charge on any atom is 0.215 e. The minimum absolute atomic E-state index is 0.220. The van der Waals surface area contributed by atoms with Crippen molar-refractivity contribution in [2.45, 2.75) is 57.8 Å². The maximum absolute atomic E-state index is 4.64. The molecule has 3 heteroatoms. The van der Waals surface area contributed by atoms with E-state index in [1.807, 2.05) is 6.20 Å². The van der Waals surface area contributed by atoms with Crippen LogP contribution in [0.3, 0.4) is 0 Å². The van der Waals surface area contributed by atoms with E-state index < -0.39 is 0 Å². The molecule has 0 bridgehead atoms. The highest BCUT2D eigenvalue weighted by Crippen LogP contribution is 2.23. The standard InChI is InChI=1S/C24H30BN2/c1-2-3-4-5-6-13-19-27-20-18-26-24(27)25-23(21-14-9-7-10-15-21)22-16-11-8-12-17-22/h7-12,14-18,20,23H,2-6,13,19H2,1H3. The zero-order valence-corrected chi connectivity index (χ0v) is 16.4. The Morgan fingerprint density at radius 1 is 0.815 bits per heavy atom. The highest BCUT2D eigenvalue weighted by molar-refractivity contribution is 6.54. The molecular weight excluding hydrogens is 327 g/mol. The monoisotopic (exact) mass is 357 g/mol. The first-order chi connectivity index (χ1) is 13.4. The molecule has 2 nitrogen and oxygen atoms in total. The minimum atomic E-state index is 0.220. The van der Waals surface area contributed by atoms with Gasteiger partial charge in [0.25, 0.3) is 0 Å². The molecule has 2 aromatic carbocycles. The second-order valence-electron chi connectivity index (χ2n) is 7.21. The van der Waals surface area contributed by atoms with Crippen LogP contribution in [0, 0.1) is 0 Å². The van der Waals surface area contributed by atoms with Crippen molar-refractivity contribution < 1.29 is 0 Å². The number of nitrogens with zero attached hydrogens (tertiary/aromatic N) is 2. The number of aromatic nitrogens is 2. The van der Waals surface area contributed by atoms with Gasteiger partial charge in [0.2, 0.25) is 7.28 Å². The SMILES string of the molecule is CCCCCCCCn1ccnc1[B]C(c1ccccc1)c1ccccc1. The first-order valence-electron chi connectivity index (χ1n) is 10.3. The third-order valence-corrected chi connectivity index (χ3v) is 5.13. The summed E-state index contributed by atoms with van der Waals surface area (Å²) in [5, 5.41) is 0. The normalized spacial score (nSPS) is 11.0. The van der Waals surface area contributed by atoms with Gasteiger partial charge in [-0.25, -0.2) is 0 Å². The van der Waals surface area contributed by atoms with Gasteiger partial charge in [-0.2, -0.15) is 0 Å². The van der Waals surface area contributed by atoms with Crippen LogP contribution in [0.4, 0.5) is 0 Å². The average Bonchev–Trinajstić information content (AvgIpc) is 3.17. The molecule has 0 N–H and O–H groups in total. The highest BCUT2D eigenvalue weighted by Gasteiger charge is 2.19. The lowest BCUT2D eigenvalue weighted by Crippen LogP contribution is -2.31. The third kappa shape index (κ3) is 5.85. The van der Waals surface area contributed by atoms with Crippen LogP contribution in [-0.4, -0.2) is 16.8 Å². The number of rotatable bonds is 11. The Kier molecular flexibility index (Phi) is 7.76. The molecule has 27 heavy (non-hydrogen) atoms. The van der Waals surface area contributed by atoms with Gasteiger partial charge in [0, 0.05) is 18.9 Å². The van der Waals surface area contributed by atoms with E-state index >= 15 is 0 Å². The molecule has 1 aromatic heterocycles. The highest BCUT2D eigenvalue weighted by atomic mass is 15.0. The summed E-state index contributed by atoms with van der Waals surface area (Å²) >= 11 is 0. The molecule has 0 fully saturated rings. The zero-order valence-electron chi connectivity index (χ0n) is 16.4. The van der Waals surface area contributed by atoms with Crippen LogP contribution in [0.2, 0.25) is 0 Å². The quantitative estimate of drug-likeness (QED) is 0.334. The molecular formula is C24H30BN2. The van der Waals surface area contributed by atoms with Crippen molar-refractivity contribution >= 4 is 13.0 Å². The summed E-state index contributed by atoms with van der Waals surface area (Å²) in [6, 6.07) is 21.4. The van der Waals surface area contributed by atoms with Crippen molar-refractivity contribution in [3.8, 4) is 0 Å². The molecule has 139 valence electrons. The van der Waals surface area contributed by atoms with Gasteiger partial charge in [0.05, 0.1) is 5.72 Å². The smallest absolute Gasteiger partial charge is 0.215 e. The van der Waals surface area contributed by atoms with Crippen molar-refractivity contribution in [1.29, 1.82) is 0 Å². The topological polar surface area (TPSA) is 17.8 Å². The van der Waals surface area contributed by atoms with Gasteiger partial charge in [-0.15, -0.1) is 0 Å².